The summed E-state index contributed by atoms with van der Waals surface area (Å²) in [6.07, 6.45) is 11.0. The Morgan fingerprint density at radius 2 is 1.60 bits per heavy atom. The zero-order valence-electron chi connectivity index (χ0n) is 19.1. The average molecular weight is 458 g/mol. The van der Waals surface area contributed by atoms with E-state index in [1.165, 1.54) is 45.6 Å². The van der Waals surface area contributed by atoms with E-state index in [0.717, 1.165) is 24.8 Å². The van der Waals surface area contributed by atoms with Crippen LogP contribution in [0.5, 0.6) is 0 Å². The van der Waals surface area contributed by atoms with Crippen LogP contribution in [0.1, 0.15) is 83.6 Å². The number of benzene rings is 1. The summed E-state index contributed by atoms with van der Waals surface area (Å²) in [5.74, 6) is 0.0883. The molecule has 0 N–H and O–H groups in total. The number of sulfonamides is 1. The SMILES string of the molecule is CCCCCCCCCCC(C)S(CCC(=O)OC)=NS(=O)(=O)c1ccc(C)cc1. The van der Waals surface area contributed by atoms with Gasteiger partial charge < -0.3 is 4.74 Å². The summed E-state index contributed by atoms with van der Waals surface area (Å²) >= 11 is 0. The molecule has 0 spiro atoms. The Labute approximate surface area is 186 Å². The zero-order valence-corrected chi connectivity index (χ0v) is 20.7. The quantitative estimate of drug-likeness (QED) is 0.240. The molecule has 1 aromatic carbocycles. The Balaban J connectivity index is 2.73. The van der Waals surface area contributed by atoms with Crippen LogP contribution in [0.3, 0.4) is 0 Å². The van der Waals surface area contributed by atoms with Crippen molar-refractivity contribution in [2.24, 2.45) is 3.77 Å². The Morgan fingerprint density at radius 1 is 1.03 bits per heavy atom. The second-order valence-corrected chi connectivity index (χ2v) is 11.9. The number of esters is 1. The first-order valence-corrected chi connectivity index (χ1v) is 14.0. The van der Waals surface area contributed by atoms with Crippen LogP contribution in [0.2, 0.25) is 0 Å². The topological polar surface area (TPSA) is 72.8 Å². The van der Waals surface area contributed by atoms with Crippen molar-refractivity contribution in [2.45, 2.75) is 95.1 Å². The lowest BCUT2D eigenvalue weighted by Crippen LogP contribution is -2.18. The largest absolute Gasteiger partial charge is 0.469 e. The van der Waals surface area contributed by atoms with Crippen molar-refractivity contribution in [3.63, 3.8) is 0 Å². The Bertz CT molecular complexity index is 758. The van der Waals surface area contributed by atoms with Gasteiger partial charge in [0.25, 0.3) is 10.0 Å². The molecule has 2 atom stereocenters. The third-order valence-electron chi connectivity index (χ3n) is 5.18. The van der Waals surface area contributed by atoms with E-state index in [9.17, 15) is 13.2 Å². The number of methoxy groups -OCH3 is 1. The highest BCUT2D eigenvalue weighted by Crippen LogP contribution is 2.19. The molecule has 0 aliphatic rings. The van der Waals surface area contributed by atoms with Crippen molar-refractivity contribution in [3.05, 3.63) is 29.8 Å². The number of ether oxygens (including phenoxy) is 1. The lowest BCUT2D eigenvalue weighted by Gasteiger charge is -2.16. The molecule has 172 valence electrons. The molecule has 0 amide bonds. The van der Waals surface area contributed by atoms with Crippen LogP contribution in [-0.4, -0.2) is 32.5 Å². The van der Waals surface area contributed by atoms with Gasteiger partial charge in [0.05, 0.1) is 18.4 Å². The van der Waals surface area contributed by atoms with Crippen LogP contribution in [0.15, 0.2) is 32.9 Å². The van der Waals surface area contributed by atoms with E-state index >= 15 is 0 Å². The van der Waals surface area contributed by atoms with Gasteiger partial charge in [-0.3, -0.25) is 4.79 Å². The third kappa shape index (κ3) is 10.7. The summed E-state index contributed by atoms with van der Waals surface area (Å²) in [6.45, 7) is 6.19. The second-order valence-electron chi connectivity index (χ2n) is 7.87. The van der Waals surface area contributed by atoms with Crippen molar-refractivity contribution in [2.75, 3.05) is 12.9 Å². The zero-order chi connectivity index (χ0) is 22.4. The fourth-order valence-electron chi connectivity index (χ4n) is 3.18. The van der Waals surface area contributed by atoms with Gasteiger partial charge in [-0.25, -0.2) is 0 Å². The van der Waals surface area contributed by atoms with E-state index in [-0.39, 0.29) is 22.5 Å². The molecule has 0 fully saturated rings. The summed E-state index contributed by atoms with van der Waals surface area (Å²) in [6, 6.07) is 6.75. The van der Waals surface area contributed by atoms with E-state index in [1.54, 1.807) is 24.3 Å². The van der Waals surface area contributed by atoms with Gasteiger partial charge in [0, 0.05) is 11.0 Å². The molecule has 0 radical (unpaired) electrons. The van der Waals surface area contributed by atoms with Crippen LogP contribution in [0, 0.1) is 6.92 Å². The molecule has 0 heterocycles. The molecule has 7 heteroatoms. The number of carbonyl (C=O) groups is 1. The first-order valence-electron chi connectivity index (χ1n) is 11.1. The van der Waals surface area contributed by atoms with Crippen LogP contribution in [0.4, 0.5) is 0 Å². The van der Waals surface area contributed by atoms with Crippen molar-refractivity contribution in [1.29, 1.82) is 0 Å². The number of nitrogens with zero attached hydrogens (tertiary/aromatic N) is 1. The van der Waals surface area contributed by atoms with Gasteiger partial charge in [-0.1, -0.05) is 93.6 Å². The second kappa shape index (κ2) is 14.7. The van der Waals surface area contributed by atoms with Crippen molar-refractivity contribution < 1.29 is 17.9 Å². The van der Waals surface area contributed by atoms with Gasteiger partial charge in [0.15, 0.2) is 0 Å². The standard InChI is InChI=1S/C23H39NO4S2/c1-5-6-7-8-9-10-11-12-13-21(3)29(19-18-23(25)28-4)24-30(26,27)22-16-14-20(2)15-17-22/h14-17,21H,5-13,18-19H2,1-4H3. The maximum absolute atomic E-state index is 12.8. The Kier molecular flexibility index (Phi) is 13.2. The number of unbranched alkanes of at least 4 members (excludes halogenated alkanes) is 7. The highest BCUT2D eigenvalue weighted by Gasteiger charge is 2.18. The smallest absolute Gasteiger partial charge is 0.306 e. The molecule has 0 bridgehead atoms. The molecule has 1 rings (SSSR count). The van der Waals surface area contributed by atoms with E-state index in [0.29, 0.717) is 5.75 Å². The maximum atomic E-state index is 12.8. The van der Waals surface area contributed by atoms with Crippen molar-refractivity contribution in [1.82, 2.24) is 0 Å². The van der Waals surface area contributed by atoms with E-state index in [1.807, 2.05) is 6.92 Å². The number of hydrogen-bond donors (Lipinski definition) is 0. The summed E-state index contributed by atoms with van der Waals surface area (Å²) in [4.78, 5) is 11.8. The maximum Gasteiger partial charge on any atom is 0.306 e. The predicted octanol–water partition coefficient (Wildman–Crippen LogP) is 5.97. The molecule has 2 unspecified atom stereocenters. The van der Waals surface area contributed by atoms with Gasteiger partial charge in [0.1, 0.15) is 0 Å². The molecule has 0 aromatic heterocycles. The number of aryl methyl sites for hydroxylation is 1. The number of hydrogen-bond acceptors (Lipinski definition) is 4. The van der Waals surface area contributed by atoms with Gasteiger partial charge in [0.2, 0.25) is 0 Å². The molecule has 0 saturated carbocycles. The Hall–Kier alpha value is -1.21. The van der Waals surface area contributed by atoms with Crippen molar-refractivity contribution >= 4 is 26.7 Å². The van der Waals surface area contributed by atoms with Gasteiger partial charge in [-0.2, -0.15) is 8.42 Å². The average Bonchev–Trinajstić information content (AvgIpc) is 2.72. The lowest BCUT2D eigenvalue weighted by molar-refractivity contribution is -0.140. The molecule has 30 heavy (non-hydrogen) atoms. The monoisotopic (exact) mass is 457 g/mol. The highest BCUT2D eigenvalue weighted by atomic mass is 32.3. The minimum absolute atomic E-state index is 0.120. The molecular weight excluding hydrogens is 418 g/mol. The molecule has 0 aliphatic carbocycles. The molecule has 0 aliphatic heterocycles. The van der Waals surface area contributed by atoms with E-state index in [2.05, 4.69) is 17.6 Å². The molecular formula is C23H39NO4S2. The lowest BCUT2D eigenvalue weighted by atomic mass is 10.1. The predicted molar refractivity (Wildman–Crippen MR) is 126 cm³/mol. The normalized spacial score (nSPS) is 13.9. The van der Waals surface area contributed by atoms with Crippen LogP contribution < -0.4 is 0 Å². The minimum atomic E-state index is -3.74. The van der Waals surface area contributed by atoms with Crippen LogP contribution in [-0.2, 0) is 30.2 Å². The molecule has 5 nitrogen and oxygen atoms in total. The van der Waals surface area contributed by atoms with E-state index in [4.69, 9.17) is 4.74 Å². The molecule has 1 aromatic rings. The summed E-state index contributed by atoms with van der Waals surface area (Å²) in [5, 5.41) is 0.120. The summed E-state index contributed by atoms with van der Waals surface area (Å²) < 4.78 is 34.6. The summed E-state index contributed by atoms with van der Waals surface area (Å²) in [5.41, 5.74) is 1.00. The fourth-order valence-corrected chi connectivity index (χ4v) is 7.12. The van der Waals surface area contributed by atoms with E-state index < -0.39 is 20.7 Å². The minimum Gasteiger partial charge on any atom is -0.469 e. The first-order chi connectivity index (χ1) is 14.3. The fraction of sp³-hybridized carbons (Fsp3) is 0.696. The highest BCUT2D eigenvalue weighted by molar-refractivity contribution is 8.00. The van der Waals surface area contributed by atoms with Crippen LogP contribution >= 0.6 is 0 Å². The number of rotatable bonds is 15. The molecule has 0 saturated heterocycles. The van der Waals surface area contributed by atoms with Crippen LogP contribution in [0.25, 0.3) is 0 Å². The van der Waals surface area contributed by atoms with Gasteiger partial charge in [-0.05, 0) is 25.5 Å². The van der Waals surface area contributed by atoms with Crippen molar-refractivity contribution in [3.8, 4) is 0 Å². The first kappa shape index (κ1) is 26.8. The summed E-state index contributed by atoms with van der Waals surface area (Å²) in [7, 11) is -3.13. The Morgan fingerprint density at radius 3 is 2.17 bits per heavy atom. The number of carbonyl (C=O) groups excluding carboxylic acids is 1. The van der Waals surface area contributed by atoms with Gasteiger partial charge in [-0.15, -0.1) is 3.77 Å². The third-order valence-corrected chi connectivity index (χ3v) is 9.39. The van der Waals surface area contributed by atoms with Gasteiger partial charge >= 0.3 is 5.97 Å².